The van der Waals surface area contributed by atoms with E-state index in [0.29, 0.717) is 22.4 Å². The Kier molecular flexibility index (Phi) is 6.30. The van der Waals surface area contributed by atoms with Crippen LogP contribution >= 0.6 is 0 Å². The zero-order valence-electron chi connectivity index (χ0n) is 15.3. The molecule has 0 unspecified atom stereocenters. The number of aromatic nitrogens is 1. The van der Waals surface area contributed by atoms with E-state index in [1.54, 1.807) is 32.0 Å². The van der Waals surface area contributed by atoms with Gasteiger partial charge in [0.15, 0.2) is 5.78 Å². The zero-order valence-corrected chi connectivity index (χ0v) is 15.3. The number of hydrogen-bond acceptors (Lipinski definition) is 5. The van der Waals surface area contributed by atoms with Gasteiger partial charge in [-0.15, -0.1) is 0 Å². The minimum Gasteiger partial charge on any atom is -0.462 e. The summed E-state index contributed by atoms with van der Waals surface area (Å²) in [5.74, 6) is -1.03. The molecule has 26 heavy (non-hydrogen) atoms. The molecule has 1 aromatic heterocycles. The fraction of sp³-hybridized carbons (Fsp3) is 0.316. The maximum Gasteiger partial charge on any atom is 0.339 e. The Balaban J connectivity index is 2.24. The largest absolute Gasteiger partial charge is 0.462 e. The number of aromatic amines is 1. The number of rotatable bonds is 7. The molecule has 2 aromatic rings. The smallest absolute Gasteiger partial charge is 0.339 e. The number of Topliss-reactive ketones (excluding diaryl/α,β-unsaturated/α-hetero) is 1. The summed E-state index contributed by atoms with van der Waals surface area (Å²) in [5.41, 5.74) is 5.53. The third kappa shape index (κ3) is 4.18. The van der Waals surface area contributed by atoms with Crippen molar-refractivity contribution in [2.45, 2.75) is 27.2 Å². The molecule has 2 N–H and O–H groups in total. The lowest BCUT2D eigenvalue weighted by molar-refractivity contribution is 0.0523. The molecular formula is C19H22N2O5. The quantitative estimate of drug-likeness (QED) is 0.450. The van der Waals surface area contributed by atoms with Crippen LogP contribution in [-0.4, -0.2) is 36.4 Å². The number of benzene rings is 1. The van der Waals surface area contributed by atoms with E-state index in [1.165, 1.54) is 13.3 Å². The third-order valence-corrected chi connectivity index (χ3v) is 4.07. The highest BCUT2D eigenvalue weighted by Crippen LogP contribution is 2.19. The van der Waals surface area contributed by atoms with Gasteiger partial charge in [-0.25, -0.2) is 10.3 Å². The van der Waals surface area contributed by atoms with Gasteiger partial charge in [0.05, 0.1) is 25.0 Å². The van der Waals surface area contributed by atoms with Crippen LogP contribution in [-0.2, 0) is 16.0 Å². The average Bonchev–Trinajstić information content (AvgIpc) is 2.99. The molecule has 1 heterocycles. The van der Waals surface area contributed by atoms with Gasteiger partial charge in [0.25, 0.3) is 5.91 Å². The maximum atomic E-state index is 12.7. The van der Waals surface area contributed by atoms with E-state index in [4.69, 9.17) is 4.74 Å². The van der Waals surface area contributed by atoms with Gasteiger partial charge >= 0.3 is 5.97 Å². The number of aryl methyl sites for hydroxylation is 1. The minimum atomic E-state index is -0.463. The van der Waals surface area contributed by atoms with Crippen molar-refractivity contribution < 1.29 is 24.0 Å². The molecule has 7 nitrogen and oxygen atoms in total. The average molecular weight is 358 g/mol. The first kappa shape index (κ1) is 19.4. The van der Waals surface area contributed by atoms with Crippen LogP contribution in [0.2, 0.25) is 0 Å². The monoisotopic (exact) mass is 358 g/mol. The predicted molar refractivity (Wildman–Crippen MR) is 95.2 cm³/mol. The number of ether oxygens (including phenoxy) is 1. The highest BCUT2D eigenvalue weighted by molar-refractivity contribution is 6.02. The van der Waals surface area contributed by atoms with E-state index in [9.17, 15) is 14.4 Å². The van der Waals surface area contributed by atoms with Gasteiger partial charge in [-0.2, -0.15) is 0 Å². The Morgan fingerprint density at radius 2 is 1.92 bits per heavy atom. The molecule has 0 atom stereocenters. The highest BCUT2D eigenvalue weighted by Gasteiger charge is 2.20. The molecule has 0 aliphatic rings. The Morgan fingerprint density at radius 1 is 1.19 bits per heavy atom. The van der Waals surface area contributed by atoms with Crippen molar-refractivity contribution in [3.63, 3.8) is 0 Å². The molecule has 2 rings (SSSR count). The normalized spacial score (nSPS) is 10.5. The van der Waals surface area contributed by atoms with Crippen LogP contribution in [0.4, 0.5) is 0 Å². The number of carbonyl (C=O) groups excluding carboxylic acids is 3. The second kappa shape index (κ2) is 8.44. The van der Waals surface area contributed by atoms with E-state index in [0.717, 1.165) is 11.1 Å². The number of H-pyrrole nitrogens is 1. The van der Waals surface area contributed by atoms with E-state index in [1.807, 2.05) is 6.92 Å². The summed E-state index contributed by atoms with van der Waals surface area (Å²) < 4.78 is 4.98. The zero-order chi connectivity index (χ0) is 19.3. The Bertz CT molecular complexity index is 838. The fourth-order valence-electron chi connectivity index (χ4n) is 2.62. The summed E-state index contributed by atoms with van der Waals surface area (Å²) in [6.07, 6.45) is 1.58. The number of nitrogens with one attached hydrogen (secondary N) is 2. The molecule has 0 fully saturated rings. The van der Waals surface area contributed by atoms with E-state index in [-0.39, 0.29) is 24.7 Å². The van der Waals surface area contributed by atoms with Crippen LogP contribution in [0.1, 0.15) is 54.8 Å². The number of hydrogen-bond donors (Lipinski definition) is 2. The van der Waals surface area contributed by atoms with Crippen molar-refractivity contribution in [2.24, 2.45) is 0 Å². The van der Waals surface area contributed by atoms with Crippen LogP contribution in [0, 0.1) is 13.8 Å². The van der Waals surface area contributed by atoms with E-state index >= 15 is 0 Å². The van der Waals surface area contributed by atoms with Crippen molar-refractivity contribution in [3.05, 3.63) is 57.9 Å². The molecule has 0 spiro atoms. The van der Waals surface area contributed by atoms with Gasteiger partial charge in [-0.1, -0.05) is 6.07 Å². The molecule has 1 amide bonds. The molecule has 1 aromatic carbocycles. The van der Waals surface area contributed by atoms with Gasteiger partial charge in [-0.3, -0.25) is 14.4 Å². The minimum absolute atomic E-state index is 0.101. The molecule has 0 bridgehead atoms. The van der Waals surface area contributed by atoms with Crippen LogP contribution < -0.4 is 5.48 Å². The van der Waals surface area contributed by atoms with E-state index < -0.39 is 5.97 Å². The van der Waals surface area contributed by atoms with E-state index in [2.05, 4.69) is 15.3 Å². The van der Waals surface area contributed by atoms with Crippen molar-refractivity contribution in [1.29, 1.82) is 0 Å². The molecule has 0 radical (unpaired) electrons. The molecule has 7 heteroatoms. The lowest BCUT2D eigenvalue weighted by atomic mass is 9.98. The SMILES string of the molecule is CCOC(=O)c1c[nH]c(C(=O)Cc2cc(C(=O)NOC)ccc2C)c1C. The molecular weight excluding hydrogens is 336 g/mol. The van der Waals surface area contributed by atoms with Crippen molar-refractivity contribution >= 4 is 17.7 Å². The lowest BCUT2D eigenvalue weighted by Gasteiger charge is -2.09. The maximum absolute atomic E-state index is 12.7. The fourth-order valence-corrected chi connectivity index (χ4v) is 2.62. The van der Waals surface area contributed by atoms with Gasteiger partial charge in [0.1, 0.15) is 0 Å². The number of amides is 1. The molecule has 0 aliphatic heterocycles. The number of esters is 1. The first-order valence-electron chi connectivity index (χ1n) is 8.20. The molecule has 0 aliphatic carbocycles. The van der Waals surface area contributed by atoms with Crippen molar-refractivity contribution in [1.82, 2.24) is 10.5 Å². The summed E-state index contributed by atoms with van der Waals surface area (Å²) in [4.78, 5) is 43.9. The molecule has 0 saturated heterocycles. The standard InChI is InChI=1S/C19H22N2O5/c1-5-26-19(24)15-10-20-17(12(15)3)16(22)9-14-8-13(7-6-11(14)2)18(23)21-25-4/h6-8,10,20H,5,9H2,1-4H3,(H,21,23). The Labute approximate surface area is 151 Å². The third-order valence-electron chi connectivity index (χ3n) is 4.07. The van der Waals surface area contributed by atoms with Crippen LogP contribution in [0.3, 0.4) is 0 Å². The second-order valence-electron chi connectivity index (χ2n) is 5.80. The molecule has 138 valence electrons. The van der Waals surface area contributed by atoms with Gasteiger partial charge in [0, 0.05) is 18.2 Å². The Morgan fingerprint density at radius 3 is 2.58 bits per heavy atom. The summed E-state index contributed by atoms with van der Waals surface area (Å²) in [5, 5.41) is 0. The van der Waals surface area contributed by atoms with Crippen molar-refractivity contribution in [3.8, 4) is 0 Å². The highest BCUT2D eigenvalue weighted by atomic mass is 16.6. The first-order chi connectivity index (χ1) is 12.4. The van der Waals surface area contributed by atoms with Gasteiger partial charge in [0.2, 0.25) is 0 Å². The first-order valence-corrected chi connectivity index (χ1v) is 8.20. The van der Waals surface area contributed by atoms with Gasteiger partial charge < -0.3 is 9.72 Å². The topological polar surface area (TPSA) is 97.5 Å². The predicted octanol–water partition coefficient (Wildman–Crippen LogP) is 2.52. The summed E-state index contributed by atoms with van der Waals surface area (Å²) in [6.45, 7) is 5.56. The van der Waals surface area contributed by atoms with Crippen LogP contribution in [0.5, 0.6) is 0 Å². The number of ketones is 1. The summed E-state index contributed by atoms with van der Waals surface area (Å²) in [6, 6.07) is 5.10. The second-order valence-corrected chi connectivity index (χ2v) is 5.80. The van der Waals surface area contributed by atoms with Crippen LogP contribution in [0.25, 0.3) is 0 Å². The van der Waals surface area contributed by atoms with Crippen molar-refractivity contribution in [2.75, 3.05) is 13.7 Å². The Hall–Kier alpha value is -2.93. The number of hydroxylamine groups is 1. The lowest BCUT2D eigenvalue weighted by Crippen LogP contribution is -2.22. The summed E-state index contributed by atoms with van der Waals surface area (Å²) in [7, 11) is 1.35. The molecule has 0 saturated carbocycles. The summed E-state index contributed by atoms with van der Waals surface area (Å²) >= 11 is 0. The van der Waals surface area contributed by atoms with Gasteiger partial charge in [-0.05, 0) is 49.6 Å². The number of carbonyl (C=O) groups is 3. The van der Waals surface area contributed by atoms with Crippen LogP contribution in [0.15, 0.2) is 24.4 Å².